The van der Waals surface area contributed by atoms with Gasteiger partial charge in [-0.05, 0) is 54.5 Å². The summed E-state index contributed by atoms with van der Waals surface area (Å²) in [4.78, 5) is 28.2. The van der Waals surface area contributed by atoms with Crippen molar-refractivity contribution in [3.05, 3.63) is 64.1 Å². The fraction of sp³-hybridized carbons (Fsp3) is 0.500. The van der Waals surface area contributed by atoms with Crippen LogP contribution in [0.1, 0.15) is 70.9 Å². The van der Waals surface area contributed by atoms with Crippen molar-refractivity contribution in [2.24, 2.45) is 0 Å². The van der Waals surface area contributed by atoms with Crippen molar-refractivity contribution in [2.45, 2.75) is 83.8 Å². The number of hydrogen-bond donors (Lipinski definition) is 1. The van der Waals surface area contributed by atoms with Crippen LogP contribution in [0.5, 0.6) is 5.75 Å². The van der Waals surface area contributed by atoms with E-state index in [1.807, 2.05) is 48.5 Å². The van der Waals surface area contributed by atoms with E-state index in [-0.39, 0.29) is 29.9 Å². The number of para-hydroxylation sites is 1. The van der Waals surface area contributed by atoms with E-state index in [1.54, 1.807) is 11.8 Å². The quantitative estimate of drug-likeness (QED) is 0.457. The average Bonchev–Trinajstić information content (AvgIpc) is 2.81. The Bertz CT molecular complexity index is 980. The Morgan fingerprint density at radius 3 is 2.47 bits per heavy atom. The van der Waals surface area contributed by atoms with E-state index < -0.39 is 6.04 Å². The molecule has 0 bridgehead atoms. The summed E-state index contributed by atoms with van der Waals surface area (Å²) < 4.78 is 6.95. The number of ether oxygens (including phenoxy) is 1. The third kappa shape index (κ3) is 7.33. The van der Waals surface area contributed by atoms with Crippen molar-refractivity contribution < 1.29 is 14.3 Å². The van der Waals surface area contributed by atoms with Crippen LogP contribution in [-0.2, 0) is 21.5 Å². The molecule has 6 heteroatoms. The van der Waals surface area contributed by atoms with Gasteiger partial charge in [0.1, 0.15) is 11.8 Å². The van der Waals surface area contributed by atoms with Crippen molar-refractivity contribution in [3.63, 3.8) is 0 Å². The number of carbonyl (C=O) groups is 2. The van der Waals surface area contributed by atoms with Crippen LogP contribution in [-0.4, -0.2) is 35.4 Å². The van der Waals surface area contributed by atoms with Crippen LogP contribution in [0.3, 0.4) is 0 Å². The molecule has 184 valence electrons. The summed E-state index contributed by atoms with van der Waals surface area (Å²) >= 11 is 3.50. The summed E-state index contributed by atoms with van der Waals surface area (Å²) in [5, 5.41) is 3.17. The number of hydrogen-bond acceptors (Lipinski definition) is 3. The molecule has 1 fully saturated rings. The molecule has 0 saturated heterocycles. The topological polar surface area (TPSA) is 58.6 Å². The number of amides is 2. The second kappa shape index (κ2) is 11.9. The third-order valence-electron chi connectivity index (χ3n) is 6.41. The van der Waals surface area contributed by atoms with Crippen molar-refractivity contribution in [2.75, 3.05) is 6.61 Å². The molecule has 1 saturated carbocycles. The molecule has 1 unspecified atom stereocenters. The summed E-state index contributed by atoms with van der Waals surface area (Å²) in [6.45, 7) is 8.37. The number of benzene rings is 2. The molecule has 0 aliphatic heterocycles. The Balaban J connectivity index is 1.76. The Hall–Kier alpha value is -2.34. The van der Waals surface area contributed by atoms with Gasteiger partial charge in [0.15, 0.2) is 6.61 Å². The van der Waals surface area contributed by atoms with Gasteiger partial charge in [0.05, 0.1) is 0 Å². The predicted molar refractivity (Wildman–Crippen MR) is 140 cm³/mol. The smallest absolute Gasteiger partial charge is 0.261 e. The van der Waals surface area contributed by atoms with E-state index >= 15 is 0 Å². The first-order chi connectivity index (χ1) is 16.1. The molecular weight excluding hydrogens is 492 g/mol. The summed E-state index contributed by atoms with van der Waals surface area (Å²) in [7, 11) is 0. The molecule has 1 aliphatic rings. The highest BCUT2D eigenvalue weighted by Crippen LogP contribution is 2.31. The molecule has 1 atom stereocenters. The average molecular weight is 530 g/mol. The Labute approximate surface area is 212 Å². The van der Waals surface area contributed by atoms with Gasteiger partial charge in [0.2, 0.25) is 5.91 Å². The highest BCUT2D eigenvalue weighted by Gasteiger charge is 2.29. The van der Waals surface area contributed by atoms with Crippen LogP contribution >= 0.6 is 15.9 Å². The lowest BCUT2D eigenvalue weighted by Crippen LogP contribution is -2.51. The molecule has 2 aromatic rings. The van der Waals surface area contributed by atoms with E-state index in [0.717, 1.165) is 41.3 Å². The molecule has 1 aliphatic carbocycles. The van der Waals surface area contributed by atoms with Crippen LogP contribution in [0.2, 0.25) is 0 Å². The van der Waals surface area contributed by atoms with E-state index in [0.29, 0.717) is 12.3 Å². The van der Waals surface area contributed by atoms with E-state index in [1.165, 1.54) is 6.42 Å². The number of rotatable bonds is 8. The molecule has 5 nitrogen and oxygen atoms in total. The van der Waals surface area contributed by atoms with Gasteiger partial charge in [-0.2, -0.15) is 0 Å². The number of nitrogens with zero attached hydrogens (tertiary/aromatic N) is 1. The van der Waals surface area contributed by atoms with Crippen LogP contribution in [0.15, 0.2) is 53.0 Å². The van der Waals surface area contributed by atoms with Gasteiger partial charge in [0, 0.05) is 17.1 Å². The highest BCUT2D eigenvalue weighted by atomic mass is 79.9. The van der Waals surface area contributed by atoms with Gasteiger partial charge in [-0.15, -0.1) is 0 Å². The Kier molecular flexibility index (Phi) is 9.17. The predicted octanol–water partition coefficient (Wildman–Crippen LogP) is 5.99. The molecular formula is C28H37BrN2O3. The maximum atomic E-state index is 13.4. The summed E-state index contributed by atoms with van der Waals surface area (Å²) in [6.07, 6.45) is 5.51. The lowest BCUT2D eigenvalue weighted by Gasteiger charge is -2.31. The maximum absolute atomic E-state index is 13.4. The molecule has 0 aromatic heterocycles. The van der Waals surface area contributed by atoms with Crippen LogP contribution in [0.4, 0.5) is 0 Å². The fourth-order valence-electron chi connectivity index (χ4n) is 4.42. The van der Waals surface area contributed by atoms with Crippen LogP contribution in [0.25, 0.3) is 0 Å². The minimum atomic E-state index is -0.602. The zero-order valence-electron chi connectivity index (χ0n) is 20.8. The first-order valence-corrected chi connectivity index (χ1v) is 13.0. The SMILES string of the molecule is CC(C(=O)NC1CCCCC1)N(Cc1cccc(Br)c1)C(=O)COc1ccccc1C(C)(C)C. The lowest BCUT2D eigenvalue weighted by molar-refractivity contribution is -0.142. The Morgan fingerprint density at radius 1 is 1.09 bits per heavy atom. The molecule has 0 radical (unpaired) electrons. The van der Waals surface area contributed by atoms with Crippen LogP contribution < -0.4 is 10.1 Å². The van der Waals surface area contributed by atoms with Gasteiger partial charge >= 0.3 is 0 Å². The largest absolute Gasteiger partial charge is 0.483 e. The third-order valence-corrected chi connectivity index (χ3v) is 6.90. The van der Waals surface area contributed by atoms with Crippen molar-refractivity contribution in [1.29, 1.82) is 0 Å². The van der Waals surface area contributed by atoms with Crippen molar-refractivity contribution in [3.8, 4) is 5.75 Å². The normalized spacial score (nSPS) is 15.4. The van der Waals surface area contributed by atoms with E-state index in [2.05, 4.69) is 42.0 Å². The number of nitrogens with one attached hydrogen (secondary N) is 1. The van der Waals surface area contributed by atoms with Crippen molar-refractivity contribution in [1.82, 2.24) is 10.2 Å². The molecule has 34 heavy (non-hydrogen) atoms. The van der Waals surface area contributed by atoms with Gasteiger partial charge in [-0.1, -0.05) is 86.3 Å². The summed E-state index contributed by atoms with van der Waals surface area (Å²) in [5.41, 5.74) is 1.89. The summed E-state index contributed by atoms with van der Waals surface area (Å²) in [6, 6.07) is 15.2. The van der Waals surface area contributed by atoms with Crippen LogP contribution in [0, 0.1) is 0 Å². The number of carbonyl (C=O) groups excluding carboxylic acids is 2. The first kappa shape index (κ1) is 26.3. The zero-order valence-corrected chi connectivity index (χ0v) is 22.4. The molecule has 1 N–H and O–H groups in total. The molecule has 2 aromatic carbocycles. The van der Waals surface area contributed by atoms with E-state index in [9.17, 15) is 9.59 Å². The second-order valence-corrected chi connectivity index (χ2v) is 11.1. The first-order valence-electron chi connectivity index (χ1n) is 12.2. The fourth-order valence-corrected chi connectivity index (χ4v) is 4.86. The lowest BCUT2D eigenvalue weighted by atomic mass is 9.86. The van der Waals surface area contributed by atoms with Gasteiger partial charge in [-0.25, -0.2) is 0 Å². The van der Waals surface area contributed by atoms with E-state index in [4.69, 9.17) is 4.74 Å². The Morgan fingerprint density at radius 2 is 1.79 bits per heavy atom. The molecule has 2 amide bonds. The van der Waals surface area contributed by atoms with Gasteiger partial charge in [0.25, 0.3) is 5.91 Å². The molecule has 3 rings (SSSR count). The van der Waals surface area contributed by atoms with Gasteiger partial charge in [-0.3, -0.25) is 9.59 Å². The monoisotopic (exact) mass is 528 g/mol. The highest BCUT2D eigenvalue weighted by molar-refractivity contribution is 9.10. The minimum Gasteiger partial charge on any atom is -0.483 e. The van der Waals surface area contributed by atoms with Gasteiger partial charge < -0.3 is 15.0 Å². The summed E-state index contributed by atoms with van der Waals surface area (Å²) in [5.74, 6) is 0.380. The number of halogens is 1. The van der Waals surface area contributed by atoms with Crippen molar-refractivity contribution >= 4 is 27.7 Å². The molecule has 0 heterocycles. The molecule has 0 spiro atoms. The maximum Gasteiger partial charge on any atom is 0.261 e. The second-order valence-electron chi connectivity index (χ2n) is 10.2. The minimum absolute atomic E-state index is 0.106. The zero-order chi connectivity index (χ0) is 24.7. The standard InChI is InChI=1S/C28H37BrN2O3/c1-20(27(33)30-23-13-6-5-7-14-23)31(18-21-11-10-12-22(29)17-21)26(32)19-34-25-16-9-8-15-24(25)28(2,3)4/h8-12,15-17,20,23H,5-7,13-14,18-19H2,1-4H3,(H,30,33).